The number of hydrogen-bond acceptors (Lipinski definition) is 2. The van der Waals surface area contributed by atoms with E-state index in [9.17, 15) is 4.39 Å². The van der Waals surface area contributed by atoms with Crippen molar-refractivity contribution in [2.24, 2.45) is 4.99 Å². The molecule has 1 atom stereocenters. The van der Waals surface area contributed by atoms with E-state index in [2.05, 4.69) is 9.89 Å². The first kappa shape index (κ1) is 10.2. The summed E-state index contributed by atoms with van der Waals surface area (Å²) in [5, 5.41) is 0. The van der Waals surface area contributed by atoms with Crippen LogP contribution in [0.2, 0.25) is 0 Å². The van der Waals surface area contributed by atoms with Crippen molar-refractivity contribution in [1.82, 2.24) is 4.90 Å². The van der Waals surface area contributed by atoms with Gasteiger partial charge < -0.3 is 4.90 Å². The summed E-state index contributed by atoms with van der Waals surface area (Å²) in [5.41, 5.74) is 0. The smallest absolute Gasteiger partial charge is 0.0958 e. The Kier molecular flexibility index (Phi) is 3.93. The monoisotopic (exact) mass is 184 g/mol. The number of amidine groups is 1. The molecule has 0 aromatic rings. The van der Waals surface area contributed by atoms with E-state index < -0.39 is 0 Å². The van der Waals surface area contributed by atoms with Crippen LogP contribution in [0.3, 0.4) is 0 Å². The van der Waals surface area contributed by atoms with Crippen LogP contribution in [0, 0.1) is 0 Å². The van der Waals surface area contributed by atoms with Crippen LogP contribution in [0.1, 0.15) is 26.2 Å². The van der Waals surface area contributed by atoms with Gasteiger partial charge in [-0.15, -0.1) is 0 Å². The highest BCUT2D eigenvalue weighted by Gasteiger charge is 2.12. The summed E-state index contributed by atoms with van der Waals surface area (Å²) in [6.07, 6.45) is 5.09. The average Bonchev–Trinajstić information content (AvgIpc) is 2.26. The van der Waals surface area contributed by atoms with Crippen molar-refractivity contribution >= 4 is 5.84 Å². The summed E-state index contributed by atoms with van der Waals surface area (Å²) in [7, 11) is 2.05. The first-order valence-corrected chi connectivity index (χ1v) is 4.75. The molecule has 1 unspecified atom stereocenters. The quantitative estimate of drug-likeness (QED) is 0.643. The number of aliphatic imine (C=N–C) groups is 1. The van der Waals surface area contributed by atoms with Crippen LogP contribution in [0.25, 0.3) is 0 Å². The number of hydrogen-bond donors (Lipinski definition) is 0. The third-order valence-corrected chi connectivity index (χ3v) is 2.45. The largest absolute Gasteiger partial charge is 0.364 e. The number of halogens is 1. The van der Waals surface area contributed by atoms with Crippen LogP contribution in [-0.4, -0.2) is 30.4 Å². The fraction of sp³-hybridized carbons (Fsp3) is 0.700. The molecule has 0 fully saturated rings. The first-order chi connectivity index (χ1) is 6.24. The van der Waals surface area contributed by atoms with E-state index in [-0.39, 0.29) is 6.04 Å². The maximum absolute atomic E-state index is 11.8. The first-order valence-electron chi connectivity index (χ1n) is 4.75. The van der Waals surface area contributed by atoms with Gasteiger partial charge in [-0.2, -0.15) is 0 Å². The molecular weight excluding hydrogens is 167 g/mol. The highest BCUT2D eigenvalue weighted by Crippen LogP contribution is 2.13. The Bertz CT molecular complexity index is 211. The van der Waals surface area contributed by atoms with Gasteiger partial charge in [0.05, 0.1) is 18.2 Å². The standard InChI is InChI=1S/C10H17FN2/c1-9-12-10(5-3-7-11)6-4-8-13(9)2/h3,7,10H,4-6,8H2,1-2H3/b7-3+. The lowest BCUT2D eigenvalue weighted by molar-refractivity contribution is 0.484. The van der Waals surface area contributed by atoms with E-state index in [1.54, 1.807) is 6.08 Å². The van der Waals surface area contributed by atoms with E-state index in [1.807, 2.05) is 14.0 Å². The maximum Gasteiger partial charge on any atom is 0.0958 e. The van der Waals surface area contributed by atoms with Crippen molar-refractivity contribution in [1.29, 1.82) is 0 Å². The van der Waals surface area contributed by atoms with E-state index in [4.69, 9.17) is 0 Å². The predicted octanol–water partition coefficient (Wildman–Crippen LogP) is 2.37. The molecule has 0 aromatic heterocycles. The normalized spacial score (nSPS) is 24.7. The Morgan fingerprint density at radius 1 is 1.69 bits per heavy atom. The molecule has 0 aliphatic carbocycles. The third kappa shape index (κ3) is 3.17. The minimum Gasteiger partial charge on any atom is -0.364 e. The van der Waals surface area contributed by atoms with Crippen LogP contribution >= 0.6 is 0 Å². The molecule has 0 bridgehead atoms. The summed E-state index contributed by atoms with van der Waals surface area (Å²) in [6, 6.07) is 0.275. The lowest BCUT2D eigenvalue weighted by Crippen LogP contribution is -2.23. The van der Waals surface area contributed by atoms with Crippen LogP contribution in [0.4, 0.5) is 4.39 Å². The minimum absolute atomic E-state index is 0.275. The summed E-state index contributed by atoms with van der Waals surface area (Å²) in [5.74, 6) is 1.06. The van der Waals surface area contributed by atoms with Gasteiger partial charge in [0.25, 0.3) is 0 Å². The third-order valence-electron chi connectivity index (χ3n) is 2.45. The van der Waals surface area contributed by atoms with Crippen molar-refractivity contribution in [2.75, 3.05) is 13.6 Å². The van der Waals surface area contributed by atoms with Gasteiger partial charge in [0.1, 0.15) is 0 Å². The van der Waals surface area contributed by atoms with Gasteiger partial charge in [-0.3, -0.25) is 4.99 Å². The van der Waals surface area contributed by atoms with Crippen molar-refractivity contribution < 1.29 is 4.39 Å². The van der Waals surface area contributed by atoms with Crippen LogP contribution in [-0.2, 0) is 0 Å². The molecule has 13 heavy (non-hydrogen) atoms. The second kappa shape index (κ2) is 5.00. The lowest BCUT2D eigenvalue weighted by Gasteiger charge is -2.15. The average molecular weight is 184 g/mol. The molecule has 0 radical (unpaired) electrons. The summed E-state index contributed by atoms with van der Waals surface area (Å²) in [4.78, 5) is 6.67. The predicted molar refractivity (Wildman–Crippen MR) is 53.6 cm³/mol. The van der Waals surface area contributed by atoms with Gasteiger partial charge in [0, 0.05) is 13.6 Å². The van der Waals surface area contributed by atoms with Crippen molar-refractivity contribution in [3.63, 3.8) is 0 Å². The van der Waals surface area contributed by atoms with Crippen molar-refractivity contribution in [3.8, 4) is 0 Å². The summed E-state index contributed by atoms with van der Waals surface area (Å²) in [6.45, 7) is 3.07. The van der Waals surface area contributed by atoms with E-state index in [0.29, 0.717) is 6.33 Å². The Morgan fingerprint density at radius 3 is 3.15 bits per heavy atom. The highest BCUT2D eigenvalue weighted by atomic mass is 19.1. The van der Waals surface area contributed by atoms with Crippen LogP contribution < -0.4 is 0 Å². The summed E-state index contributed by atoms with van der Waals surface area (Å²) >= 11 is 0. The zero-order valence-corrected chi connectivity index (χ0v) is 8.33. The zero-order chi connectivity index (χ0) is 9.68. The number of rotatable bonds is 2. The fourth-order valence-corrected chi connectivity index (χ4v) is 1.53. The topological polar surface area (TPSA) is 15.6 Å². The molecule has 1 heterocycles. The second-order valence-electron chi connectivity index (χ2n) is 3.49. The molecule has 0 N–H and O–H groups in total. The summed E-state index contributed by atoms with van der Waals surface area (Å²) < 4.78 is 11.8. The van der Waals surface area contributed by atoms with Gasteiger partial charge in [-0.25, -0.2) is 4.39 Å². The van der Waals surface area contributed by atoms with Gasteiger partial charge in [0.15, 0.2) is 0 Å². The van der Waals surface area contributed by atoms with Crippen LogP contribution in [0.15, 0.2) is 17.4 Å². The molecule has 1 rings (SSSR count). The minimum atomic E-state index is 0.275. The zero-order valence-electron chi connectivity index (χ0n) is 8.33. The van der Waals surface area contributed by atoms with Gasteiger partial charge in [-0.05, 0) is 26.2 Å². The Balaban J connectivity index is 2.55. The molecule has 1 aliphatic rings. The molecule has 0 spiro atoms. The van der Waals surface area contributed by atoms with Gasteiger partial charge in [-0.1, -0.05) is 6.08 Å². The van der Waals surface area contributed by atoms with E-state index in [0.717, 1.165) is 31.6 Å². The fourth-order valence-electron chi connectivity index (χ4n) is 1.53. The molecule has 74 valence electrons. The maximum atomic E-state index is 11.8. The Hall–Kier alpha value is -0.860. The molecule has 0 aromatic carbocycles. The van der Waals surface area contributed by atoms with Gasteiger partial charge in [0.2, 0.25) is 0 Å². The molecule has 3 heteroatoms. The SMILES string of the molecule is CC1=NC(C/C=C/F)CCCN1C. The van der Waals surface area contributed by atoms with E-state index >= 15 is 0 Å². The number of nitrogens with zero attached hydrogens (tertiary/aromatic N) is 2. The molecule has 0 saturated carbocycles. The molecule has 0 saturated heterocycles. The highest BCUT2D eigenvalue weighted by molar-refractivity contribution is 5.79. The molecule has 1 aliphatic heterocycles. The van der Waals surface area contributed by atoms with Gasteiger partial charge >= 0.3 is 0 Å². The molecular formula is C10H17FN2. The molecule has 0 amide bonds. The van der Waals surface area contributed by atoms with E-state index in [1.165, 1.54) is 0 Å². The van der Waals surface area contributed by atoms with Crippen LogP contribution in [0.5, 0.6) is 0 Å². The van der Waals surface area contributed by atoms with Crippen molar-refractivity contribution in [3.05, 3.63) is 12.4 Å². The Labute approximate surface area is 79.1 Å². The van der Waals surface area contributed by atoms with Crippen molar-refractivity contribution in [2.45, 2.75) is 32.2 Å². The molecule has 2 nitrogen and oxygen atoms in total. The second-order valence-corrected chi connectivity index (χ2v) is 3.49. The lowest BCUT2D eigenvalue weighted by atomic mass is 10.1. The Morgan fingerprint density at radius 2 is 2.46 bits per heavy atom.